The van der Waals surface area contributed by atoms with Gasteiger partial charge in [-0.25, -0.2) is 0 Å². The number of aliphatic hydroxyl groups excluding tert-OH is 1. The lowest BCUT2D eigenvalue weighted by Gasteiger charge is -2.73. The highest BCUT2D eigenvalue weighted by Gasteiger charge is 2.69. The molecule has 5 rings (SSSR count). The zero-order chi connectivity index (χ0) is 22.6. The van der Waals surface area contributed by atoms with E-state index in [1.54, 1.807) is 0 Å². The first-order valence-corrected chi connectivity index (χ1v) is 13.7. The van der Waals surface area contributed by atoms with E-state index in [0.29, 0.717) is 33.5 Å². The molecule has 1 N–H and O–H groups in total. The molecule has 0 spiro atoms. The summed E-state index contributed by atoms with van der Waals surface area (Å²) < 4.78 is 0. The zero-order valence-corrected chi connectivity index (χ0v) is 21.7. The Morgan fingerprint density at radius 1 is 0.774 bits per heavy atom. The van der Waals surface area contributed by atoms with Gasteiger partial charge in [0.25, 0.3) is 0 Å². The summed E-state index contributed by atoms with van der Waals surface area (Å²) in [5.74, 6) is 3.88. The van der Waals surface area contributed by atoms with E-state index < -0.39 is 0 Å². The van der Waals surface area contributed by atoms with Crippen LogP contribution in [-0.2, 0) is 0 Å². The molecule has 31 heavy (non-hydrogen) atoms. The molecule has 0 amide bonds. The number of rotatable bonds is 0. The van der Waals surface area contributed by atoms with Gasteiger partial charge in [-0.15, -0.1) is 0 Å². The fourth-order valence-electron chi connectivity index (χ4n) is 11.4. The van der Waals surface area contributed by atoms with Crippen molar-refractivity contribution in [3.63, 3.8) is 0 Å². The largest absolute Gasteiger partial charge is 0.393 e. The summed E-state index contributed by atoms with van der Waals surface area (Å²) >= 11 is 0. The molecule has 5 fully saturated rings. The molecule has 0 heterocycles. The van der Waals surface area contributed by atoms with Crippen LogP contribution in [0.2, 0.25) is 0 Å². The Labute approximate surface area is 192 Å². The first-order chi connectivity index (χ1) is 14.3. The second-order valence-corrected chi connectivity index (χ2v) is 14.7. The van der Waals surface area contributed by atoms with E-state index in [0.717, 1.165) is 24.2 Å². The fourth-order valence-corrected chi connectivity index (χ4v) is 11.4. The molecule has 0 saturated heterocycles. The van der Waals surface area contributed by atoms with Crippen LogP contribution in [0.25, 0.3) is 0 Å². The molecule has 5 aliphatic rings. The third kappa shape index (κ3) is 2.65. The molecule has 1 heteroatoms. The predicted molar refractivity (Wildman–Crippen MR) is 131 cm³/mol. The molecule has 0 bridgehead atoms. The third-order valence-corrected chi connectivity index (χ3v) is 13.6. The second kappa shape index (κ2) is 6.64. The molecule has 0 radical (unpaired) electrons. The molecule has 10 atom stereocenters. The summed E-state index contributed by atoms with van der Waals surface area (Å²) in [5, 5.41) is 10.9. The van der Waals surface area contributed by atoms with Gasteiger partial charge in [0.1, 0.15) is 0 Å². The van der Waals surface area contributed by atoms with Crippen molar-refractivity contribution in [3.8, 4) is 0 Å². The van der Waals surface area contributed by atoms with Crippen LogP contribution in [-0.4, -0.2) is 11.2 Å². The molecule has 0 unspecified atom stereocenters. The van der Waals surface area contributed by atoms with Gasteiger partial charge in [0.05, 0.1) is 6.10 Å². The maximum Gasteiger partial charge on any atom is 0.0594 e. The monoisotopic (exact) mass is 426 g/mol. The molecule has 5 aliphatic carbocycles. The molecule has 0 aliphatic heterocycles. The van der Waals surface area contributed by atoms with E-state index in [1.165, 1.54) is 63.4 Å². The minimum Gasteiger partial charge on any atom is -0.393 e. The summed E-state index contributed by atoms with van der Waals surface area (Å²) in [6.07, 6.45) is 13.2. The maximum atomic E-state index is 10.9. The topological polar surface area (TPSA) is 20.2 Å². The summed E-state index contributed by atoms with van der Waals surface area (Å²) in [6, 6.07) is 0. The van der Waals surface area contributed by atoms with Crippen molar-refractivity contribution in [1.82, 2.24) is 0 Å². The Bertz CT molecular complexity index is 766. The standard InChI is InChI=1S/C30H50O/c1-19-11-14-27(5)17-18-29(7)21(25(27)20(19)2)9-10-23-28(6)15-13-24(31)26(3,4)22(28)12-16-30(23,29)8/h20-25,31H,1,9-18H2,2-8H3/t20-,21+,22-,23+,24+,25-,27+,28-,29+,30+/m0/s1. The highest BCUT2D eigenvalue weighted by molar-refractivity contribution is 5.21. The summed E-state index contributed by atoms with van der Waals surface area (Å²) in [5.41, 5.74) is 3.43. The van der Waals surface area contributed by atoms with Crippen molar-refractivity contribution in [2.45, 2.75) is 119 Å². The first kappa shape index (κ1) is 22.5. The Morgan fingerprint density at radius 2 is 1.48 bits per heavy atom. The quantitative estimate of drug-likeness (QED) is 0.389. The van der Waals surface area contributed by atoms with Crippen LogP contribution in [0.1, 0.15) is 113 Å². The van der Waals surface area contributed by atoms with Crippen LogP contribution in [0.4, 0.5) is 0 Å². The lowest BCUT2D eigenvalue weighted by molar-refractivity contribution is -0.251. The molecule has 5 saturated carbocycles. The van der Waals surface area contributed by atoms with Crippen molar-refractivity contribution in [1.29, 1.82) is 0 Å². The molecular weight excluding hydrogens is 376 g/mol. The van der Waals surface area contributed by atoms with E-state index in [2.05, 4.69) is 55.0 Å². The van der Waals surface area contributed by atoms with Crippen molar-refractivity contribution in [2.75, 3.05) is 0 Å². The molecule has 176 valence electrons. The fraction of sp³-hybridized carbons (Fsp3) is 0.933. The first-order valence-electron chi connectivity index (χ1n) is 13.7. The second-order valence-electron chi connectivity index (χ2n) is 14.7. The van der Waals surface area contributed by atoms with Gasteiger partial charge in [-0.2, -0.15) is 0 Å². The maximum absolute atomic E-state index is 10.9. The molecule has 1 nitrogen and oxygen atoms in total. The van der Waals surface area contributed by atoms with Crippen LogP contribution in [0.15, 0.2) is 12.2 Å². The van der Waals surface area contributed by atoms with Gasteiger partial charge >= 0.3 is 0 Å². The highest BCUT2D eigenvalue weighted by Crippen LogP contribution is 2.76. The normalized spacial score (nSPS) is 58.5. The smallest absolute Gasteiger partial charge is 0.0594 e. The SMILES string of the molecule is C=C1CC[C@]2(C)CC[C@]3(C)[C@H](CC[C@@H]4[C@@]5(C)CC[C@@H](O)C(C)(C)[C@@H]5CC[C@]43C)[C@@H]2[C@H]1C. The van der Waals surface area contributed by atoms with Crippen molar-refractivity contribution in [2.24, 2.45) is 56.7 Å². The third-order valence-electron chi connectivity index (χ3n) is 13.6. The van der Waals surface area contributed by atoms with E-state index in [1.807, 2.05) is 0 Å². The number of fused-ring (bicyclic) bond motifs is 7. The van der Waals surface area contributed by atoms with Gasteiger partial charge in [-0.05, 0) is 121 Å². The minimum atomic E-state index is -0.119. The number of allylic oxidation sites excluding steroid dienone is 1. The molecule has 0 aromatic heterocycles. The van der Waals surface area contributed by atoms with Crippen LogP contribution in [0.5, 0.6) is 0 Å². The Morgan fingerprint density at radius 3 is 2.19 bits per heavy atom. The van der Waals surface area contributed by atoms with Crippen LogP contribution in [0.3, 0.4) is 0 Å². The Hall–Kier alpha value is -0.300. The Kier molecular flexibility index (Phi) is 4.82. The Balaban J connectivity index is 1.54. The van der Waals surface area contributed by atoms with Crippen molar-refractivity contribution >= 4 is 0 Å². The summed E-state index contributed by atoms with van der Waals surface area (Å²) in [6.45, 7) is 22.6. The van der Waals surface area contributed by atoms with E-state index in [4.69, 9.17) is 0 Å². The molecule has 0 aromatic rings. The van der Waals surface area contributed by atoms with Crippen LogP contribution in [0, 0.1) is 56.7 Å². The summed E-state index contributed by atoms with van der Waals surface area (Å²) in [4.78, 5) is 0. The van der Waals surface area contributed by atoms with E-state index >= 15 is 0 Å². The lowest BCUT2D eigenvalue weighted by Crippen LogP contribution is -2.67. The zero-order valence-electron chi connectivity index (χ0n) is 21.7. The lowest BCUT2D eigenvalue weighted by atomic mass is 9.31. The average molecular weight is 427 g/mol. The van der Waals surface area contributed by atoms with E-state index in [-0.39, 0.29) is 11.5 Å². The van der Waals surface area contributed by atoms with Gasteiger partial charge in [0.2, 0.25) is 0 Å². The van der Waals surface area contributed by atoms with Gasteiger partial charge in [-0.1, -0.05) is 60.6 Å². The number of aliphatic hydroxyl groups is 1. The van der Waals surface area contributed by atoms with Crippen molar-refractivity contribution in [3.05, 3.63) is 12.2 Å². The van der Waals surface area contributed by atoms with Crippen LogP contribution < -0.4 is 0 Å². The average Bonchev–Trinajstić information content (AvgIpc) is 2.69. The predicted octanol–water partition coefficient (Wildman–Crippen LogP) is 8.02. The van der Waals surface area contributed by atoms with Gasteiger partial charge < -0.3 is 5.11 Å². The molecular formula is C30H50O. The molecule has 0 aromatic carbocycles. The van der Waals surface area contributed by atoms with Crippen LogP contribution >= 0.6 is 0 Å². The van der Waals surface area contributed by atoms with Gasteiger partial charge in [0, 0.05) is 0 Å². The van der Waals surface area contributed by atoms with Crippen molar-refractivity contribution < 1.29 is 5.11 Å². The van der Waals surface area contributed by atoms with E-state index in [9.17, 15) is 5.11 Å². The van der Waals surface area contributed by atoms with Gasteiger partial charge in [-0.3, -0.25) is 0 Å². The number of hydrogen-bond donors (Lipinski definition) is 1. The highest BCUT2D eigenvalue weighted by atomic mass is 16.3. The minimum absolute atomic E-state index is 0.0623. The summed E-state index contributed by atoms with van der Waals surface area (Å²) in [7, 11) is 0. The van der Waals surface area contributed by atoms with Gasteiger partial charge in [0.15, 0.2) is 0 Å². The number of hydrogen-bond acceptors (Lipinski definition) is 1.